The van der Waals surface area contributed by atoms with Gasteiger partial charge in [0.1, 0.15) is 0 Å². The number of carbonyl (C=O) groups excluding carboxylic acids is 1. The molecule has 1 amide bonds. The molecule has 0 heterocycles. The van der Waals surface area contributed by atoms with Crippen molar-refractivity contribution in [2.45, 2.75) is 11.8 Å². The van der Waals surface area contributed by atoms with Gasteiger partial charge in [-0.25, -0.2) is 0 Å². The third-order valence-corrected chi connectivity index (χ3v) is 3.92. The summed E-state index contributed by atoms with van der Waals surface area (Å²) in [4.78, 5) is 13.6. The van der Waals surface area contributed by atoms with Crippen LogP contribution in [0.1, 0.15) is 17.3 Å². The molecule has 0 aliphatic carbocycles. The SMILES string of the molecule is CCNc1ccc(Cl)cc1C(=O)Nc1ccc(SC)cc1. The predicted octanol–water partition coefficient (Wildman–Crippen LogP) is 4.75. The fourth-order valence-electron chi connectivity index (χ4n) is 1.92. The third-order valence-electron chi connectivity index (χ3n) is 2.94. The van der Waals surface area contributed by atoms with Crippen LogP contribution in [0.4, 0.5) is 11.4 Å². The first-order valence-electron chi connectivity index (χ1n) is 6.63. The fraction of sp³-hybridized carbons (Fsp3) is 0.188. The van der Waals surface area contributed by atoms with Crippen LogP contribution in [-0.4, -0.2) is 18.7 Å². The van der Waals surface area contributed by atoms with Gasteiger partial charge in [0.15, 0.2) is 0 Å². The highest BCUT2D eigenvalue weighted by Gasteiger charge is 2.12. The highest BCUT2D eigenvalue weighted by Crippen LogP contribution is 2.23. The molecule has 0 fully saturated rings. The monoisotopic (exact) mass is 320 g/mol. The van der Waals surface area contributed by atoms with Crippen LogP contribution in [0, 0.1) is 0 Å². The molecule has 2 aromatic carbocycles. The molecule has 5 heteroatoms. The molecular formula is C16H17ClN2OS. The van der Waals surface area contributed by atoms with E-state index in [1.165, 1.54) is 0 Å². The van der Waals surface area contributed by atoms with Gasteiger partial charge in [-0.1, -0.05) is 11.6 Å². The average molecular weight is 321 g/mol. The largest absolute Gasteiger partial charge is 0.385 e. The van der Waals surface area contributed by atoms with E-state index in [0.29, 0.717) is 10.6 Å². The Hall–Kier alpha value is -1.65. The molecule has 0 aliphatic heterocycles. The summed E-state index contributed by atoms with van der Waals surface area (Å²) in [7, 11) is 0. The van der Waals surface area contributed by atoms with Crippen LogP contribution in [0.2, 0.25) is 5.02 Å². The first-order valence-corrected chi connectivity index (χ1v) is 8.23. The molecule has 0 aliphatic rings. The Morgan fingerprint density at radius 2 is 1.90 bits per heavy atom. The number of rotatable bonds is 5. The number of hydrogen-bond acceptors (Lipinski definition) is 3. The van der Waals surface area contributed by atoms with Gasteiger partial charge >= 0.3 is 0 Å². The second kappa shape index (κ2) is 7.38. The molecule has 0 radical (unpaired) electrons. The Bertz CT molecular complexity index is 629. The standard InChI is InChI=1S/C16H17ClN2OS/c1-3-18-15-9-4-11(17)10-14(15)16(20)19-12-5-7-13(21-2)8-6-12/h4-10,18H,3H2,1-2H3,(H,19,20). The number of nitrogens with one attached hydrogen (secondary N) is 2. The zero-order valence-corrected chi connectivity index (χ0v) is 13.5. The number of hydrogen-bond donors (Lipinski definition) is 2. The van der Waals surface area contributed by atoms with Gasteiger partial charge in [0, 0.05) is 27.8 Å². The van der Waals surface area contributed by atoms with Crippen LogP contribution in [-0.2, 0) is 0 Å². The number of amides is 1. The Morgan fingerprint density at radius 3 is 2.52 bits per heavy atom. The van der Waals surface area contributed by atoms with Crippen molar-refractivity contribution in [3.63, 3.8) is 0 Å². The van der Waals surface area contributed by atoms with Crippen molar-refractivity contribution in [1.29, 1.82) is 0 Å². The molecule has 3 nitrogen and oxygen atoms in total. The lowest BCUT2D eigenvalue weighted by Crippen LogP contribution is -2.14. The van der Waals surface area contributed by atoms with E-state index in [0.717, 1.165) is 22.8 Å². The van der Waals surface area contributed by atoms with Gasteiger partial charge in [0.25, 0.3) is 5.91 Å². The van der Waals surface area contributed by atoms with Crippen LogP contribution in [0.5, 0.6) is 0 Å². The summed E-state index contributed by atoms with van der Waals surface area (Å²) in [5, 5.41) is 6.60. The smallest absolute Gasteiger partial charge is 0.257 e. The van der Waals surface area contributed by atoms with Crippen molar-refractivity contribution in [2.75, 3.05) is 23.4 Å². The first kappa shape index (κ1) is 15.7. The van der Waals surface area contributed by atoms with Gasteiger partial charge in [-0.05, 0) is 55.6 Å². The van der Waals surface area contributed by atoms with E-state index in [2.05, 4.69) is 10.6 Å². The van der Waals surface area contributed by atoms with Crippen LogP contribution in [0.15, 0.2) is 47.4 Å². The number of anilines is 2. The molecule has 0 saturated carbocycles. The fourth-order valence-corrected chi connectivity index (χ4v) is 2.50. The van der Waals surface area contributed by atoms with Gasteiger partial charge < -0.3 is 10.6 Å². The summed E-state index contributed by atoms with van der Waals surface area (Å²) in [6, 6.07) is 13.0. The van der Waals surface area contributed by atoms with Crippen molar-refractivity contribution in [3.05, 3.63) is 53.1 Å². The molecule has 2 aromatic rings. The lowest BCUT2D eigenvalue weighted by Gasteiger charge is -2.12. The van der Waals surface area contributed by atoms with E-state index in [1.807, 2.05) is 43.5 Å². The Kier molecular flexibility index (Phi) is 5.53. The van der Waals surface area contributed by atoms with E-state index in [1.54, 1.807) is 23.9 Å². The number of thioether (sulfide) groups is 1. The summed E-state index contributed by atoms with van der Waals surface area (Å²) in [6.07, 6.45) is 2.02. The second-order valence-electron chi connectivity index (χ2n) is 4.40. The van der Waals surface area contributed by atoms with Gasteiger partial charge in [-0.15, -0.1) is 11.8 Å². The summed E-state index contributed by atoms with van der Waals surface area (Å²) in [6.45, 7) is 2.72. The van der Waals surface area contributed by atoms with Crippen molar-refractivity contribution in [2.24, 2.45) is 0 Å². The Morgan fingerprint density at radius 1 is 1.19 bits per heavy atom. The maximum absolute atomic E-state index is 12.4. The molecule has 0 saturated heterocycles. The van der Waals surface area contributed by atoms with Gasteiger partial charge in [0.05, 0.1) is 5.56 Å². The number of benzene rings is 2. The van der Waals surface area contributed by atoms with Crippen molar-refractivity contribution in [3.8, 4) is 0 Å². The summed E-state index contributed by atoms with van der Waals surface area (Å²) in [5.41, 5.74) is 2.08. The minimum Gasteiger partial charge on any atom is -0.385 e. The topological polar surface area (TPSA) is 41.1 Å². The van der Waals surface area contributed by atoms with E-state index >= 15 is 0 Å². The second-order valence-corrected chi connectivity index (χ2v) is 5.72. The lowest BCUT2D eigenvalue weighted by molar-refractivity contribution is 0.102. The molecule has 21 heavy (non-hydrogen) atoms. The molecule has 0 bridgehead atoms. The maximum atomic E-state index is 12.4. The average Bonchev–Trinajstić information content (AvgIpc) is 2.50. The Balaban J connectivity index is 2.20. The van der Waals surface area contributed by atoms with E-state index in [4.69, 9.17) is 11.6 Å². The van der Waals surface area contributed by atoms with Gasteiger partial charge in [-0.3, -0.25) is 4.79 Å². The first-order chi connectivity index (χ1) is 10.1. The summed E-state index contributed by atoms with van der Waals surface area (Å²) in [5.74, 6) is -0.176. The van der Waals surface area contributed by atoms with Crippen molar-refractivity contribution in [1.82, 2.24) is 0 Å². The molecule has 2 N–H and O–H groups in total. The molecule has 0 aromatic heterocycles. The number of carbonyl (C=O) groups is 1. The minimum absolute atomic E-state index is 0.176. The molecule has 0 unspecified atom stereocenters. The van der Waals surface area contributed by atoms with Gasteiger partial charge in [0.2, 0.25) is 0 Å². The number of halogens is 1. The van der Waals surface area contributed by atoms with Gasteiger partial charge in [-0.2, -0.15) is 0 Å². The van der Waals surface area contributed by atoms with Crippen LogP contribution >= 0.6 is 23.4 Å². The highest BCUT2D eigenvalue weighted by molar-refractivity contribution is 7.98. The highest BCUT2D eigenvalue weighted by atomic mass is 35.5. The van der Waals surface area contributed by atoms with Crippen LogP contribution in [0.3, 0.4) is 0 Å². The van der Waals surface area contributed by atoms with E-state index in [-0.39, 0.29) is 5.91 Å². The Labute approximate surface area is 134 Å². The molecular weight excluding hydrogens is 304 g/mol. The zero-order valence-electron chi connectivity index (χ0n) is 11.9. The van der Waals surface area contributed by atoms with E-state index < -0.39 is 0 Å². The maximum Gasteiger partial charge on any atom is 0.257 e. The van der Waals surface area contributed by atoms with Crippen LogP contribution < -0.4 is 10.6 Å². The summed E-state index contributed by atoms with van der Waals surface area (Å²) >= 11 is 7.66. The molecule has 0 atom stereocenters. The zero-order chi connectivity index (χ0) is 15.2. The molecule has 2 rings (SSSR count). The van der Waals surface area contributed by atoms with Crippen molar-refractivity contribution >= 4 is 40.6 Å². The molecule has 110 valence electrons. The molecule has 0 spiro atoms. The third kappa shape index (κ3) is 4.16. The minimum atomic E-state index is -0.176. The quantitative estimate of drug-likeness (QED) is 0.781. The van der Waals surface area contributed by atoms with E-state index in [9.17, 15) is 4.79 Å². The lowest BCUT2D eigenvalue weighted by atomic mass is 10.1. The predicted molar refractivity (Wildman–Crippen MR) is 91.8 cm³/mol. The normalized spacial score (nSPS) is 10.2. The van der Waals surface area contributed by atoms with Crippen LogP contribution in [0.25, 0.3) is 0 Å². The summed E-state index contributed by atoms with van der Waals surface area (Å²) < 4.78 is 0. The van der Waals surface area contributed by atoms with Crippen molar-refractivity contribution < 1.29 is 4.79 Å².